The molecule has 2 rings (SSSR count). The van der Waals surface area contributed by atoms with Crippen LogP contribution in [0.15, 0.2) is 36.4 Å². The van der Waals surface area contributed by atoms with Crippen molar-refractivity contribution in [2.24, 2.45) is 0 Å². The molecule has 0 aromatic heterocycles. The van der Waals surface area contributed by atoms with Crippen LogP contribution in [0.2, 0.25) is 5.02 Å². The molecule has 0 unspecified atom stereocenters. The smallest absolute Gasteiger partial charge is 0.339 e. The van der Waals surface area contributed by atoms with Gasteiger partial charge in [-0.1, -0.05) is 23.7 Å². The molecular formula is C21H24ClNO6. The summed E-state index contributed by atoms with van der Waals surface area (Å²) in [4.78, 5) is 24.7. The van der Waals surface area contributed by atoms with Gasteiger partial charge in [-0.05, 0) is 43.7 Å². The van der Waals surface area contributed by atoms with Gasteiger partial charge in [-0.2, -0.15) is 0 Å². The van der Waals surface area contributed by atoms with Crippen molar-refractivity contribution in [2.75, 3.05) is 20.8 Å². The molecule has 0 spiro atoms. The summed E-state index contributed by atoms with van der Waals surface area (Å²) in [5.41, 5.74) is 1.05. The number of ether oxygens (including phenoxy) is 4. The lowest BCUT2D eigenvalue weighted by Crippen LogP contribution is -2.35. The highest BCUT2D eigenvalue weighted by Crippen LogP contribution is 2.36. The second-order valence-corrected chi connectivity index (χ2v) is 6.44. The van der Waals surface area contributed by atoms with Crippen LogP contribution in [0, 0.1) is 0 Å². The van der Waals surface area contributed by atoms with Crippen LogP contribution in [0.3, 0.4) is 0 Å². The van der Waals surface area contributed by atoms with Crippen LogP contribution in [0.4, 0.5) is 0 Å². The van der Waals surface area contributed by atoms with Crippen molar-refractivity contribution in [3.05, 3.63) is 52.5 Å². The number of rotatable bonds is 9. The third-order valence-electron chi connectivity index (χ3n) is 4.03. The monoisotopic (exact) mass is 421 g/mol. The number of hydrogen-bond acceptors (Lipinski definition) is 6. The zero-order valence-corrected chi connectivity index (χ0v) is 17.5. The van der Waals surface area contributed by atoms with E-state index in [0.29, 0.717) is 24.7 Å². The largest absolute Gasteiger partial charge is 0.497 e. The van der Waals surface area contributed by atoms with Gasteiger partial charge >= 0.3 is 5.97 Å². The molecule has 1 N–H and O–H groups in total. The van der Waals surface area contributed by atoms with Crippen LogP contribution >= 0.6 is 11.6 Å². The number of esters is 1. The van der Waals surface area contributed by atoms with Crippen molar-refractivity contribution in [3.8, 4) is 17.2 Å². The third-order valence-corrected chi connectivity index (χ3v) is 4.31. The second-order valence-electron chi connectivity index (χ2n) is 6.04. The summed E-state index contributed by atoms with van der Waals surface area (Å²) in [6, 6.07) is 10.1. The fraction of sp³-hybridized carbons (Fsp3) is 0.333. The Balaban J connectivity index is 1.98. The van der Waals surface area contributed by atoms with Gasteiger partial charge in [0.2, 0.25) is 0 Å². The van der Waals surface area contributed by atoms with E-state index < -0.39 is 18.0 Å². The molecule has 1 atom stereocenters. The number of methoxy groups -OCH3 is 2. The van der Waals surface area contributed by atoms with Crippen molar-refractivity contribution in [2.45, 2.75) is 26.5 Å². The van der Waals surface area contributed by atoms with Crippen LogP contribution in [-0.4, -0.2) is 38.8 Å². The van der Waals surface area contributed by atoms with Crippen molar-refractivity contribution < 1.29 is 28.5 Å². The standard InChI is InChI=1S/C21H24ClNO6/c1-5-28-19-17(22)10-15(11-18(19)27-4)21(25)29-13(2)20(24)23-12-14-6-8-16(26-3)9-7-14/h6-11,13H,5,12H2,1-4H3,(H,23,24)/t13-/m1/s1. The van der Waals surface area contributed by atoms with E-state index in [1.54, 1.807) is 19.2 Å². The van der Waals surface area contributed by atoms with Gasteiger partial charge < -0.3 is 24.3 Å². The van der Waals surface area contributed by atoms with Gasteiger partial charge in [-0.15, -0.1) is 0 Å². The maximum atomic E-state index is 12.4. The lowest BCUT2D eigenvalue weighted by molar-refractivity contribution is -0.129. The van der Waals surface area contributed by atoms with E-state index in [1.165, 1.54) is 26.2 Å². The van der Waals surface area contributed by atoms with Crippen molar-refractivity contribution in [1.29, 1.82) is 0 Å². The molecule has 0 fully saturated rings. The Morgan fingerprint density at radius 3 is 2.38 bits per heavy atom. The Morgan fingerprint density at radius 2 is 1.79 bits per heavy atom. The first kappa shape index (κ1) is 22.4. The summed E-state index contributed by atoms with van der Waals surface area (Å²) in [6.45, 7) is 4.00. The van der Waals surface area contributed by atoms with Gasteiger partial charge in [-0.3, -0.25) is 4.79 Å². The Bertz CT molecular complexity index is 853. The molecular weight excluding hydrogens is 398 g/mol. The molecule has 7 nitrogen and oxygen atoms in total. The summed E-state index contributed by atoms with van der Waals surface area (Å²) in [5, 5.41) is 2.94. The van der Waals surface area contributed by atoms with E-state index in [4.69, 9.17) is 30.5 Å². The van der Waals surface area contributed by atoms with Crippen molar-refractivity contribution in [1.82, 2.24) is 5.32 Å². The minimum atomic E-state index is -0.989. The van der Waals surface area contributed by atoms with E-state index in [0.717, 1.165) is 11.3 Å². The number of carbonyl (C=O) groups is 2. The lowest BCUT2D eigenvalue weighted by Gasteiger charge is -2.16. The SMILES string of the molecule is CCOc1c(Cl)cc(C(=O)O[C@H](C)C(=O)NCc2ccc(OC)cc2)cc1OC. The molecule has 1 amide bonds. The quantitative estimate of drug-likeness (QED) is 0.623. The Kier molecular flexibility index (Phi) is 8.15. The van der Waals surface area contributed by atoms with Crippen LogP contribution in [0.5, 0.6) is 17.2 Å². The molecule has 8 heteroatoms. The van der Waals surface area contributed by atoms with Crippen LogP contribution in [-0.2, 0) is 16.1 Å². The molecule has 0 heterocycles. The zero-order valence-electron chi connectivity index (χ0n) is 16.8. The number of amides is 1. The molecule has 2 aromatic rings. The van der Waals surface area contributed by atoms with E-state index in [2.05, 4.69) is 5.32 Å². The van der Waals surface area contributed by atoms with E-state index >= 15 is 0 Å². The number of carbonyl (C=O) groups excluding carboxylic acids is 2. The zero-order chi connectivity index (χ0) is 21.4. The highest BCUT2D eigenvalue weighted by molar-refractivity contribution is 6.32. The highest BCUT2D eigenvalue weighted by atomic mass is 35.5. The molecule has 0 aliphatic carbocycles. The summed E-state index contributed by atoms with van der Waals surface area (Å²) >= 11 is 6.17. The molecule has 0 radical (unpaired) electrons. The van der Waals surface area contributed by atoms with Crippen LogP contribution in [0.1, 0.15) is 29.8 Å². The van der Waals surface area contributed by atoms with Gasteiger partial charge in [-0.25, -0.2) is 4.79 Å². The highest BCUT2D eigenvalue weighted by Gasteiger charge is 2.21. The van der Waals surface area contributed by atoms with E-state index in [1.807, 2.05) is 19.1 Å². The molecule has 156 valence electrons. The van der Waals surface area contributed by atoms with E-state index in [-0.39, 0.29) is 10.6 Å². The predicted octanol–water partition coefficient (Wildman–Crippen LogP) is 3.62. The Hall–Kier alpha value is -2.93. The number of hydrogen-bond donors (Lipinski definition) is 1. The van der Waals surface area contributed by atoms with Gasteiger partial charge in [0.05, 0.1) is 31.4 Å². The van der Waals surface area contributed by atoms with Crippen LogP contribution < -0.4 is 19.5 Å². The molecule has 0 bridgehead atoms. The Labute approximate surface area is 174 Å². The molecule has 2 aromatic carbocycles. The molecule has 0 aliphatic rings. The van der Waals surface area contributed by atoms with E-state index in [9.17, 15) is 9.59 Å². The first-order valence-corrected chi connectivity index (χ1v) is 9.39. The summed E-state index contributed by atoms with van der Waals surface area (Å²) in [5.74, 6) is 0.270. The number of benzene rings is 2. The molecule has 0 saturated carbocycles. The summed E-state index contributed by atoms with van der Waals surface area (Å²) < 4.78 is 21.0. The van der Waals surface area contributed by atoms with Gasteiger partial charge in [0, 0.05) is 6.54 Å². The Morgan fingerprint density at radius 1 is 1.10 bits per heavy atom. The third kappa shape index (κ3) is 6.02. The molecule has 0 aliphatic heterocycles. The van der Waals surface area contributed by atoms with Crippen molar-refractivity contribution in [3.63, 3.8) is 0 Å². The second kappa shape index (κ2) is 10.6. The lowest BCUT2D eigenvalue weighted by atomic mass is 10.2. The van der Waals surface area contributed by atoms with Gasteiger partial charge in [0.15, 0.2) is 17.6 Å². The van der Waals surface area contributed by atoms with Gasteiger partial charge in [0.1, 0.15) is 5.75 Å². The fourth-order valence-corrected chi connectivity index (χ4v) is 2.75. The fourth-order valence-electron chi connectivity index (χ4n) is 2.48. The van der Waals surface area contributed by atoms with Crippen LogP contribution in [0.25, 0.3) is 0 Å². The normalized spacial score (nSPS) is 11.3. The minimum absolute atomic E-state index is 0.158. The predicted molar refractivity (Wildman–Crippen MR) is 109 cm³/mol. The number of nitrogens with one attached hydrogen (secondary N) is 1. The molecule has 0 saturated heterocycles. The summed E-state index contributed by atoms with van der Waals surface area (Å²) in [6.07, 6.45) is -0.989. The summed E-state index contributed by atoms with van der Waals surface area (Å²) in [7, 11) is 3.03. The topological polar surface area (TPSA) is 83.1 Å². The van der Waals surface area contributed by atoms with Crippen molar-refractivity contribution >= 4 is 23.5 Å². The molecule has 29 heavy (non-hydrogen) atoms. The minimum Gasteiger partial charge on any atom is -0.497 e. The first-order chi connectivity index (χ1) is 13.9. The van der Waals surface area contributed by atoms with Gasteiger partial charge in [0.25, 0.3) is 5.91 Å². The average Bonchev–Trinajstić information content (AvgIpc) is 2.73. The number of halogens is 1. The first-order valence-electron chi connectivity index (χ1n) is 9.01. The maximum absolute atomic E-state index is 12.4. The average molecular weight is 422 g/mol. The maximum Gasteiger partial charge on any atom is 0.339 e.